The molecule has 26 heavy (non-hydrogen) atoms. The maximum absolute atomic E-state index is 12.8. The Labute approximate surface area is 154 Å². The van der Waals surface area contributed by atoms with E-state index in [1.165, 1.54) is 0 Å². The minimum atomic E-state index is -3.56. The molecule has 0 spiro atoms. The number of hydrogen-bond acceptors (Lipinski definition) is 4. The third kappa shape index (κ3) is 3.55. The van der Waals surface area contributed by atoms with Gasteiger partial charge in [0.25, 0.3) is 0 Å². The zero-order chi connectivity index (χ0) is 18.7. The Kier molecular flexibility index (Phi) is 5.23. The van der Waals surface area contributed by atoms with Crippen molar-refractivity contribution in [3.05, 3.63) is 95.6 Å². The fourth-order valence-corrected chi connectivity index (χ4v) is 4.44. The molecule has 0 radical (unpaired) electrons. The molecule has 0 heterocycles. The van der Waals surface area contributed by atoms with Crippen molar-refractivity contribution in [2.75, 3.05) is 0 Å². The summed E-state index contributed by atoms with van der Waals surface area (Å²) in [5.41, 5.74) is 15.0. The standard InChI is InChI=1S/C21H22N2O2S/c1-15-7-5-6-10-19(15)26(24,25)18-13-11-17(12-14-18)21(23)20(22)16-8-3-2-4-9-16/h2-14,20-21H,22-23H2,1H3/t20-,21-/m1/s1. The minimum absolute atomic E-state index is 0.246. The maximum atomic E-state index is 12.8. The summed E-state index contributed by atoms with van der Waals surface area (Å²) in [6.07, 6.45) is 0. The van der Waals surface area contributed by atoms with Crippen LogP contribution in [0.3, 0.4) is 0 Å². The van der Waals surface area contributed by atoms with Crippen LogP contribution in [0.25, 0.3) is 0 Å². The van der Waals surface area contributed by atoms with Gasteiger partial charge in [-0.3, -0.25) is 0 Å². The summed E-state index contributed by atoms with van der Waals surface area (Å²) >= 11 is 0. The van der Waals surface area contributed by atoms with E-state index in [4.69, 9.17) is 11.5 Å². The highest BCUT2D eigenvalue weighted by atomic mass is 32.2. The first-order valence-electron chi connectivity index (χ1n) is 8.38. The highest BCUT2D eigenvalue weighted by Crippen LogP contribution is 2.28. The predicted octanol–water partition coefficient (Wildman–Crippen LogP) is 3.53. The average Bonchev–Trinajstić information content (AvgIpc) is 2.68. The lowest BCUT2D eigenvalue weighted by Gasteiger charge is -2.21. The molecule has 0 unspecified atom stereocenters. The van der Waals surface area contributed by atoms with E-state index in [1.807, 2.05) is 36.4 Å². The first-order valence-corrected chi connectivity index (χ1v) is 9.86. The summed E-state index contributed by atoms with van der Waals surface area (Å²) in [5.74, 6) is 0. The second-order valence-electron chi connectivity index (χ2n) is 6.30. The number of aryl methyl sites for hydroxylation is 1. The minimum Gasteiger partial charge on any atom is -0.322 e. The molecule has 134 valence electrons. The molecule has 3 aromatic rings. The molecule has 0 saturated carbocycles. The van der Waals surface area contributed by atoms with Gasteiger partial charge in [0.2, 0.25) is 9.84 Å². The van der Waals surface area contributed by atoms with Crippen LogP contribution in [-0.2, 0) is 9.84 Å². The lowest BCUT2D eigenvalue weighted by atomic mass is 9.95. The van der Waals surface area contributed by atoms with Crippen LogP contribution in [-0.4, -0.2) is 8.42 Å². The van der Waals surface area contributed by atoms with Crippen LogP contribution < -0.4 is 11.5 Å². The zero-order valence-corrected chi connectivity index (χ0v) is 15.4. The van der Waals surface area contributed by atoms with Gasteiger partial charge in [-0.25, -0.2) is 8.42 Å². The Bertz CT molecular complexity index is 984. The van der Waals surface area contributed by atoms with Crippen LogP contribution in [0.15, 0.2) is 88.7 Å². The molecular formula is C21H22N2O2S. The number of sulfone groups is 1. The second-order valence-corrected chi connectivity index (χ2v) is 8.22. The molecule has 0 amide bonds. The smallest absolute Gasteiger partial charge is 0.206 e. The molecule has 5 heteroatoms. The van der Waals surface area contributed by atoms with Gasteiger partial charge in [0.1, 0.15) is 0 Å². The molecule has 3 aromatic carbocycles. The van der Waals surface area contributed by atoms with Crippen molar-refractivity contribution >= 4 is 9.84 Å². The van der Waals surface area contributed by atoms with Crippen molar-refractivity contribution < 1.29 is 8.42 Å². The summed E-state index contributed by atoms with van der Waals surface area (Å²) < 4.78 is 25.7. The molecule has 4 nitrogen and oxygen atoms in total. The largest absolute Gasteiger partial charge is 0.322 e. The summed E-state index contributed by atoms with van der Waals surface area (Å²) in [5, 5.41) is 0. The Hall–Kier alpha value is -2.47. The molecule has 0 aliphatic heterocycles. The maximum Gasteiger partial charge on any atom is 0.206 e. The fraction of sp³-hybridized carbons (Fsp3) is 0.143. The molecule has 3 rings (SSSR count). The van der Waals surface area contributed by atoms with Crippen molar-refractivity contribution in [3.8, 4) is 0 Å². The van der Waals surface area contributed by atoms with Crippen molar-refractivity contribution in [1.29, 1.82) is 0 Å². The molecular weight excluding hydrogens is 344 g/mol. The van der Waals surface area contributed by atoms with Crippen molar-refractivity contribution in [2.45, 2.75) is 28.8 Å². The Balaban J connectivity index is 1.88. The highest BCUT2D eigenvalue weighted by molar-refractivity contribution is 7.91. The summed E-state index contributed by atoms with van der Waals surface area (Å²) in [6, 6.07) is 22.4. The highest BCUT2D eigenvalue weighted by Gasteiger charge is 2.21. The quantitative estimate of drug-likeness (QED) is 0.723. The van der Waals surface area contributed by atoms with E-state index in [0.29, 0.717) is 4.90 Å². The lowest BCUT2D eigenvalue weighted by molar-refractivity contribution is 0.573. The molecule has 0 aliphatic rings. The predicted molar refractivity (Wildman–Crippen MR) is 103 cm³/mol. The number of nitrogens with two attached hydrogens (primary N) is 2. The van der Waals surface area contributed by atoms with E-state index < -0.39 is 15.9 Å². The van der Waals surface area contributed by atoms with E-state index in [1.54, 1.807) is 49.4 Å². The lowest BCUT2D eigenvalue weighted by Crippen LogP contribution is -2.26. The molecule has 0 aliphatic carbocycles. The van der Waals surface area contributed by atoms with E-state index >= 15 is 0 Å². The van der Waals surface area contributed by atoms with Crippen LogP contribution >= 0.6 is 0 Å². The van der Waals surface area contributed by atoms with E-state index in [0.717, 1.165) is 16.7 Å². The van der Waals surface area contributed by atoms with Gasteiger partial charge in [0, 0.05) is 12.1 Å². The molecule has 4 N–H and O–H groups in total. The van der Waals surface area contributed by atoms with Crippen molar-refractivity contribution in [3.63, 3.8) is 0 Å². The molecule has 0 fully saturated rings. The molecule has 0 aromatic heterocycles. The Morgan fingerprint density at radius 1 is 0.692 bits per heavy atom. The van der Waals surface area contributed by atoms with Gasteiger partial charge >= 0.3 is 0 Å². The second kappa shape index (κ2) is 7.41. The Morgan fingerprint density at radius 2 is 1.19 bits per heavy atom. The van der Waals surface area contributed by atoms with E-state index in [-0.39, 0.29) is 10.9 Å². The number of hydrogen-bond donors (Lipinski definition) is 2. The zero-order valence-electron chi connectivity index (χ0n) is 14.5. The average molecular weight is 366 g/mol. The van der Waals surface area contributed by atoms with Gasteiger partial charge in [-0.1, -0.05) is 60.7 Å². The van der Waals surface area contributed by atoms with Crippen LogP contribution in [0, 0.1) is 6.92 Å². The first kappa shape index (κ1) is 18.3. The normalized spacial score (nSPS) is 14.0. The number of rotatable bonds is 5. The summed E-state index contributed by atoms with van der Waals surface area (Å²) in [4.78, 5) is 0.564. The first-order chi connectivity index (χ1) is 12.4. The third-order valence-corrected chi connectivity index (χ3v) is 6.46. The van der Waals surface area contributed by atoms with Crippen molar-refractivity contribution in [2.24, 2.45) is 11.5 Å². The SMILES string of the molecule is Cc1ccccc1S(=O)(=O)c1ccc([C@@H](N)[C@H](N)c2ccccc2)cc1. The van der Waals surface area contributed by atoms with Gasteiger partial charge in [0.05, 0.1) is 9.79 Å². The van der Waals surface area contributed by atoms with E-state index in [9.17, 15) is 8.42 Å². The van der Waals surface area contributed by atoms with Gasteiger partial charge < -0.3 is 11.5 Å². The van der Waals surface area contributed by atoms with E-state index in [2.05, 4.69) is 0 Å². The van der Waals surface area contributed by atoms with Gasteiger partial charge in [-0.2, -0.15) is 0 Å². The van der Waals surface area contributed by atoms with Crippen LogP contribution in [0.5, 0.6) is 0 Å². The molecule has 0 saturated heterocycles. The summed E-state index contributed by atoms with van der Waals surface area (Å²) in [7, 11) is -3.56. The van der Waals surface area contributed by atoms with Crippen LogP contribution in [0.4, 0.5) is 0 Å². The topological polar surface area (TPSA) is 86.2 Å². The summed E-state index contributed by atoms with van der Waals surface area (Å²) in [6.45, 7) is 1.79. The Morgan fingerprint density at radius 3 is 1.77 bits per heavy atom. The van der Waals surface area contributed by atoms with Gasteiger partial charge in [-0.15, -0.1) is 0 Å². The molecule has 2 atom stereocenters. The van der Waals surface area contributed by atoms with Crippen LogP contribution in [0.1, 0.15) is 28.8 Å². The van der Waals surface area contributed by atoms with Crippen LogP contribution in [0.2, 0.25) is 0 Å². The van der Waals surface area contributed by atoms with Crippen molar-refractivity contribution in [1.82, 2.24) is 0 Å². The monoisotopic (exact) mass is 366 g/mol. The van der Waals surface area contributed by atoms with Gasteiger partial charge in [0.15, 0.2) is 0 Å². The fourth-order valence-electron chi connectivity index (χ4n) is 2.94. The van der Waals surface area contributed by atoms with Gasteiger partial charge in [-0.05, 0) is 41.8 Å². The third-order valence-electron chi connectivity index (χ3n) is 4.53. The number of benzene rings is 3. The molecule has 0 bridgehead atoms.